The molecule has 20 heavy (non-hydrogen) atoms. The number of methoxy groups -OCH3 is 3. The van der Waals surface area contributed by atoms with Crippen LogP contribution in [0.4, 0.5) is 0 Å². The van der Waals surface area contributed by atoms with E-state index in [9.17, 15) is 0 Å². The van der Waals surface area contributed by atoms with Gasteiger partial charge in [0.05, 0.1) is 34.0 Å². The Hall–Kier alpha value is -1.46. The molecule has 5 nitrogen and oxygen atoms in total. The summed E-state index contributed by atoms with van der Waals surface area (Å²) in [5, 5.41) is 3.24. The molecule has 1 unspecified atom stereocenters. The first-order valence-corrected chi connectivity index (χ1v) is 6.76. The van der Waals surface area contributed by atoms with Gasteiger partial charge in [-0.05, 0) is 19.5 Å². The summed E-state index contributed by atoms with van der Waals surface area (Å²) in [7, 11) is 6.77. The van der Waals surface area contributed by atoms with E-state index in [0.717, 1.165) is 24.3 Å². The minimum absolute atomic E-state index is 0.0382. The second-order valence-electron chi connectivity index (χ2n) is 4.37. The lowest BCUT2D eigenvalue weighted by Crippen LogP contribution is -2.22. The van der Waals surface area contributed by atoms with E-state index in [0.29, 0.717) is 18.1 Å². The molecule has 1 atom stereocenters. The second kappa shape index (κ2) is 8.66. The topological polar surface area (TPSA) is 49.0 Å². The molecule has 1 N–H and O–H groups in total. The number of benzene rings is 1. The molecule has 0 aromatic heterocycles. The summed E-state index contributed by atoms with van der Waals surface area (Å²) < 4.78 is 21.7. The van der Waals surface area contributed by atoms with Crippen LogP contribution in [0.25, 0.3) is 0 Å². The quantitative estimate of drug-likeness (QED) is 0.705. The van der Waals surface area contributed by atoms with Crippen LogP contribution in [-0.2, 0) is 4.74 Å². The van der Waals surface area contributed by atoms with Crippen molar-refractivity contribution < 1.29 is 18.9 Å². The van der Waals surface area contributed by atoms with Crippen molar-refractivity contribution >= 4 is 0 Å². The monoisotopic (exact) mass is 283 g/mol. The van der Waals surface area contributed by atoms with E-state index in [2.05, 4.69) is 12.2 Å². The lowest BCUT2D eigenvalue weighted by atomic mass is 10.1. The number of nitrogens with one attached hydrogen (secondary N) is 1. The third kappa shape index (κ3) is 4.02. The Bertz CT molecular complexity index is 409. The SMILES string of the molecule is CCCOCC(NC)c1cc(OC)c(OC)cc1OC. The van der Waals surface area contributed by atoms with Gasteiger partial charge in [-0.3, -0.25) is 0 Å². The fourth-order valence-corrected chi connectivity index (χ4v) is 2.00. The number of rotatable bonds is 9. The average molecular weight is 283 g/mol. The van der Waals surface area contributed by atoms with Gasteiger partial charge >= 0.3 is 0 Å². The summed E-state index contributed by atoms with van der Waals surface area (Å²) in [5.41, 5.74) is 0.990. The maximum absolute atomic E-state index is 5.63. The van der Waals surface area contributed by atoms with Crippen molar-refractivity contribution in [2.45, 2.75) is 19.4 Å². The van der Waals surface area contributed by atoms with Crippen LogP contribution in [0.1, 0.15) is 24.9 Å². The summed E-state index contributed by atoms with van der Waals surface area (Å²) in [6.07, 6.45) is 1.000. The Morgan fingerprint density at radius 1 is 1.00 bits per heavy atom. The van der Waals surface area contributed by atoms with E-state index in [1.807, 2.05) is 19.2 Å². The van der Waals surface area contributed by atoms with E-state index < -0.39 is 0 Å². The summed E-state index contributed by atoms with van der Waals surface area (Å²) >= 11 is 0. The molecule has 0 saturated carbocycles. The summed E-state index contributed by atoms with van der Waals surface area (Å²) in [5.74, 6) is 2.08. The van der Waals surface area contributed by atoms with Gasteiger partial charge in [0.15, 0.2) is 11.5 Å². The third-order valence-electron chi connectivity index (χ3n) is 3.09. The highest BCUT2D eigenvalue weighted by atomic mass is 16.5. The van der Waals surface area contributed by atoms with Gasteiger partial charge in [0.1, 0.15) is 5.75 Å². The molecule has 1 rings (SSSR count). The average Bonchev–Trinajstić information content (AvgIpc) is 2.50. The molecule has 0 bridgehead atoms. The van der Waals surface area contributed by atoms with Gasteiger partial charge in [-0.2, -0.15) is 0 Å². The maximum Gasteiger partial charge on any atom is 0.164 e. The molecule has 0 spiro atoms. The third-order valence-corrected chi connectivity index (χ3v) is 3.09. The lowest BCUT2D eigenvalue weighted by Gasteiger charge is -2.21. The Kier molecular flexibility index (Phi) is 7.18. The largest absolute Gasteiger partial charge is 0.496 e. The van der Waals surface area contributed by atoms with Crippen molar-refractivity contribution in [3.63, 3.8) is 0 Å². The van der Waals surface area contributed by atoms with Gasteiger partial charge in [-0.1, -0.05) is 6.92 Å². The van der Waals surface area contributed by atoms with E-state index in [-0.39, 0.29) is 6.04 Å². The molecule has 1 aromatic rings. The van der Waals surface area contributed by atoms with Crippen LogP contribution in [0.2, 0.25) is 0 Å². The van der Waals surface area contributed by atoms with E-state index >= 15 is 0 Å². The zero-order valence-corrected chi connectivity index (χ0v) is 13.0. The molecule has 0 amide bonds. The number of hydrogen-bond donors (Lipinski definition) is 1. The van der Waals surface area contributed by atoms with E-state index in [1.54, 1.807) is 21.3 Å². The van der Waals surface area contributed by atoms with Crippen LogP contribution < -0.4 is 19.5 Å². The molecule has 1 aromatic carbocycles. The van der Waals surface area contributed by atoms with Crippen LogP contribution in [0.15, 0.2) is 12.1 Å². The van der Waals surface area contributed by atoms with Crippen LogP contribution in [-0.4, -0.2) is 41.6 Å². The second-order valence-corrected chi connectivity index (χ2v) is 4.37. The van der Waals surface area contributed by atoms with E-state index in [1.165, 1.54) is 0 Å². The number of likely N-dealkylation sites (N-methyl/N-ethyl adjacent to an activating group) is 1. The predicted molar refractivity (Wildman–Crippen MR) is 79.0 cm³/mol. The molecule has 0 aliphatic heterocycles. The predicted octanol–water partition coefficient (Wildman–Crippen LogP) is 2.40. The van der Waals surface area contributed by atoms with Crippen molar-refractivity contribution in [1.29, 1.82) is 0 Å². The standard InChI is InChI=1S/C15H25NO4/c1-6-7-20-10-12(16-2)11-8-14(18-4)15(19-5)9-13(11)17-3/h8-9,12,16H,6-7,10H2,1-5H3. The van der Waals surface area contributed by atoms with Gasteiger partial charge in [-0.25, -0.2) is 0 Å². The molecular weight excluding hydrogens is 258 g/mol. The summed E-state index contributed by atoms with van der Waals surface area (Å²) in [6, 6.07) is 3.79. The van der Waals surface area contributed by atoms with Crippen LogP contribution in [0.5, 0.6) is 17.2 Å². The molecular formula is C15H25NO4. The molecule has 0 heterocycles. The zero-order valence-electron chi connectivity index (χ0n) is 13.0. The highest BCUT2D eigenvalue weighted by molar-refractivity contribution is 5.51. The first-order chi connectivity index (χ1) is 9.71. The number of ether oxygens (including phenoxy) is 4. The molecule has 0 radical (unpaired) electrons. The maximum atomic E-state index is 5.63. The van der Waals surface area contributed by atoms with Crippen molar-refractivity contribution in [2.75, 3.05) is 41.6 Å². The molecule has 0 aliphatic carbocycles. The molecule has 0 fully saturated rings. The fourth-order valence-electron chi connectivity index (χ4n) is 2.00. The molecule has 114 valence electrons. The van der Waals surface area contributed by atoms with Crippen molar-refractivity contribution in [1.82, 2.24) is 5.32 Å². The van der Waals surface area contributed by atoms with Gasteiger partial charge < -0.3 is 24.3 Å². The van der Waals surface area contributed by atoms with Crippen molar-refractivity contribution in [2.24, 2.45) is 0 Å². The van der Waals surface area contributed by atoms with Crippen LogP contribution in [0.3, 0.4) is 0 Å². The highest BCUT2D eigenvalue weighted by Gasteiger charge is 2.19. The minimum Gasteiger partial charge on any atom is -0.496 e. The summed E-state index contributed by atoms with van der Waals surface area (Å²) in [4.78, 5) is 0. The summed E-state index contributed by atoms with van der Waals surface area (Å²) in [6.45, 7) is 3.41. The van der Waals surface area contributed by atoms with Crippen LogP contribution >= 0.6 is 0 Å². The van der Waals surface area contributed by atoms with Gasteiger partial charge in [0.25, 0.3) is 0 Å². The molecule has 0 aliphatic rings. The lowest BCUT2D eigenvalue weighted by molar-refractivity contribution is 0.113. The Morgan fingerprint density at radius 2 is 1.60 bits per heavy atom. The molecule has 5 heteroatoms. The van der Waals surface area contributed by atoms with Gasteiger partial charge in [0.2, 0.25) is 0 Å². The molecule has 0 saturated heterocycles. The number of hydrogen-bond acceptors (Lipinski definition) is 5. The first kappa shape index (κ1) is 16.6. The fraction of sp³-hybridized carbons (Fsp3) is 0.600. The van der Waals surface area contributed by atoms with E-state index in [4.69, 9.17) is 18.9 Å². The van der Waals surface area contributed by atoms with Crippen LogP contribution in [0, 0.1) is 0 Å². The minimum atomic E-state index is 0.0382. The zero-order chi connectivity index (χ0) is 15.0. The normalized spacial score (nSPS) is 12.1. The highest BCUT2D eigenvalue weighted by Crippen LogP contribution is 2.37. The first-order valence-electron chi connectivity index (χ1n) is 6.76. The Labute approximate surface area is 121 Å². The van der Waals surface area contributed by atoms with Crippen molar-refractivity contribution in [3.05, 3.63) is 17.7 Å². The smallest absolute Gasteiger partial charge is 0.164 e. The van der Waals surface area contributed by atoms with Crippen molar-refractivity contribution in [3.8, 4) is 17.2 Å². The Morgan fingerprint density at radius 3 is 2.10 bits per heavy atom. The van der Waals surface area contributed by atoms with Gasteiger partial charge in [-0.15, -0.1) is 0 Å². The van der Waals surface area contributed by atoms with Gasteiger partial charge in [0, 0.05) is 18.2 Å². The Balaban J connectivity index is 3.05.